The number of allylic oxidation sites excluding steroid dienone is 1. The van der Waals surface area contributed by atoms with E-state index in [1.54, 1.807) is 12.3 Å². The number of furan rings is 1. The van der Waals surface area contributed by atoms with Gasteiger partial charge in [-0.05, 0) is 39.8 Å². The van der Waals surface area contributed by atoms with Crippen molar-refractivity contribution in [2.24, 2.45) is 0 Å². The maximum absolute atomic E-state index is 12.5. The second kappa shape index (κ2) is 8.19. The molecule has 7 heteroatoms. The van der Waals surface area contributed by atoms with Gasteiger partial charge in [-0.1, -0.05) is 17.8 Å². The first-order valence-corrected chi connectivity index (χ1v) is 8.96. The lowest BCUT2D eigenvalue weighted by molar-refractivity contribution is -0.131. The lowest BCUT2D eigenvalue weighted by Crippen LogP contribution is -2.43. The second-order valence-electron chi connectivity index (χ2n) is 5.96. The van der Waals surface area contributed by atoms with Crippen LogP contribution in [0.3, 0.4) is 0 Å². The Balaban J connectivity index is 2.15. The van der Waals surface area contributed by atoms with E-state index in [0.717, 1.165) is 0 Å². The summed E-state index contributed by atoms with van der Waals surface area (Å²) in [5, 5.41) is 9.09. The summed E-state index contributed by atoms with van der Waals surface area (Å²) in [7, 11) is 0. The van der Waals surface area contributed by atoms with Crippen LogP contribution in [0.4, 0.5) is 0 Å². The van der Waals surface area contributed by atoms with Crippen LogP contribution in [0.2, 0.25) is 0 Å². The van der Waals surface area contributed by atoms with Crippen molar-refractivity contribution < 1.29 is 9.21 Å². The highest BCUT2D eigenvalue weighted by Crippen LogP contribution is 2.25. The van der Waals surface area contributed by atoms with Gasteiger partial charge in [0.2, 0.25) is 11.7 Å². The summed E-state index contributed by atoms with van der Waals surface area (Å²) >= 11 is 1.39. The number of nitrogens with zero attached hydrogens (tertiary/aromatic N) is 4. The normalized spacial score (nSPS) is 11.2. The van der Waals surface area contributed by atoms with E-state index in [0.29, 0.717) is 29.0 Å². The molecule has 24 heavy (non-hydrogen) atoms. The predicted octanol–water partition coefficient (Wildman–Crippen LogP) is 3.46. The number of thioether (sulfide) groups is 1. The maximum atomic E-state index is 12.5. The van der Waals surface area contributed by atoms with Crippen LogP contribution in [-0.4, -0.2) is 43.4 Å². The number of carbonyl (C=O) groups is 1. The van der Waals surface area contributed by atoms with Crippen LogP contribution >= 0.6 is 11.8 Å². The van der Waals surface area contributed by atoms with Gasteiger partial charge in [0, 0.05) is 18.6 Å². The summed E-state index contributed by atoms with van der Waals surface area (Å²) in [6.07, 6.45) is 3.37. The van der Waals surface area contributed by atoms with Crippen molar-refractivity contribution in [3.63, 3.8) is 0 Å². The number of carbonyl (C=O) groups excluding carboxylic acids is 1. The van der Waals surface area contributed by atoms with Gasteiger partial charge in [-0.2, -0.15) is 0 Å². The highest BCUT2D eigenvalue weighted by molar-refractivity contribution is 7.99. The molecule has 2 aromatic rings. The van der Waals surface area contributed by atoms with Crippen molar-refractivity contribution in [3.8, 4) is 11.6 Å². The van der Waals surface area contributed by atoms with E-state index in [2.05, 4.69) is 16.8 Å². The van der Waals surface area contributed by atoms with Crippen LogP contribution in [0.1, 0.15) is 27.7 Å². The fourth-order valence-corrected chi connectivity index (χ4v) is 3.47. The molecule has 0 saturated heterocycles. The Morgan fingerprint density at radius 2 is 2.08 bits per heavy atom. The minimum atomic E-state index is 0.0951. The molecule has 130 valence electrons. The summed E-state index contributed by atoms with van der Waals surface area (Å²) in [5.74, 6) is 1.70. The Kier molecular flexibility index (Phi) is 6.25. The van der Waals surface area contributed by atoms with Gasteiger partial charge in [-0.15, -0.1) is 16.8 Å². The SMILES string of the molecule is C=CCn1c(SCC(=O)N(C(C)C)C(C)C)nnc1-c1ccco1. The topological polar surface area (TPSA) is 64.2 Å². The molecular formula is C17H24N4O2S. The molecule has 0 spiro atoms. The van der Waals surface area contributed by atoms with E-state index in [9.17, 15) is 4.79 Å². The van der Waals surface area contributed by atoms with Crippen molar-refractivity contribution in [3.05, 3.63) is 31.1 Å². The first kappa shape index (κ1) is 18.3. The van der Waals surface area contributed by atoms with Crippen molar-refractivity contribution in [2.45, 2.75) is 51.5 Å². The number of hydrogen-bond donors (Lipinski definition) is 0. The van der Waals surface area contributed by atoms with E-state index in [1.165, 1.54) is 11.8 Å². The standard InChI is InChI=1S/C17H24N4O2S/c1-6-9-20-16(14-8-7-10-23-14)18-19-17(20)24-11-15(22)21(12(2)3)13(4)5/h6-8,10,12-13H,1,9,11H2,2-5H3. The molecule has 2 rings (SSSR count). The Labute approximate surface area is 146 Å². The first-order valence-electron chi connectivity index (χ1n) is 7.97. The molecule has 0 unspecified atom stereocenters. The van der Waals surface area contributed by atoms with Crippen molar-refractivity contribution in [1.82, 2.24) is 19.7 Å². The van der Waals surface area contributed by atoms with Gasteiger partial charge in [-0.3, -0.25) is 9.36 Å². The van der Waals surface area contributed by atoms with Crippen LogP contribution < -0.4 is 0 Å². The van der Waals surface area contributed by atoms with Gasteiger partial charge in [0.1, 0.15) is 0 Å². The first-order chi connectivity index (χ1) is 11.5. The maximum Gasteiger partial charge on any atom is 0.233 e. The zero-order valence-corrected chi connectivity index (χ0v) is 15.4. The molecule has 0 fully saturated rings. The summed E-state index contributed by atoms with van der Waals surface area (Å²) in [5.41, 5.74) is 0. The van der Waals surface area contributed by atoms with Crippen LogP contribution in [0.5, 0.6) is 0 Å². The number of amides is 1. The predicted molar refractivity (Wildman–Crippen MR) is 95.8 cm³/mol. The molecule has 0 bridgehead atoms. The molecule has 0 N–H and O–H groups in total. The molecule has 0 aliphatic carbocycles. The molecular weight excluding hydrogens is 324 g/mol. The van der Waals surface area contributed by atoms with E-state index >= 15 is 0 Å². The van der Waals surface area contributed by atoms with E-state index in [1.807, 2.05) is 49.3 Å². The summed E-state index contributed by atoms with van der Waals surface area (Å²) in [6.45, 7) is 12.4. The Morgan fingerprint density at radius 3 is 2.62 bits per heavy atom. The third kappa shape index (κ3) is 4.08. The van der Waals surface area contributed by atoms with Crippen molar-refractivity contribution in [2.75, 3.05) is 5.75 Å². The Hall–Kier alpha value is -2.02. The fraction of sp³-hybridized carbons (Fsp3) is 0.471. The van der Waals surface area contributed by atoms with E-state index in [-0.39, 0.29) is 18.0 Å². The largest absolute Gasteiger partial charge is 0.461 e. The van der Waals surface area contributed by atoms with Crippen molar-refractivity contribution >= 4 is 17.7 Å². The molecule has 6 nitrogen and oxygen atoms in total. The van der Waals surface area contributed by atoms with Gasteiger partial charge >= 0.3 is 0 Å². The zero-order valence-electron chi connectivity index (χ0n) is 14.6. The number of hydrogen-bond acceptors (Lipinski definition) is 5. The molecule has 0 aromatic carbocycles. The molecule has 0 atom stereocenters. The number of rotatable bonds is 8. The third-order valence-corrected chi connectivity index (χ3v) is 4.45. The average Bonchev–Trinajstić information content (AvgIpc) is 3.14. The van der Waals surface area contributed by atoms with Gasteiger partial charge in [0.05, 0.1) is 12.0 Å². The highest BCUT2D eigenvalue weighted by Gasteiger charge is 2.22. The van der Waals surface area contributed by atoms with E-state index in [4.69, 9.17) is 4.42 Å². The fourth-order valence-electron chi connectivity index (χ4n) is 2.65. The molecule has 2 aromatic heterocycles. The monoisotopic (exact) mass is 348 g/mol. The van der Waals surface area contributed by atoms with Gasteiger partial charge in [0.25, 0.3) is 0 Å². The lowest BCUT2D eigenvalue weighted by atomic mass is 10.2. The quantitative estimate of drug-likeness (QED) is 0.540. The molecule has 2 heterocycles. The third-order valence-electron chi connectivity index (χ3n) is 3.50. The van der Waals surface area contributed by atoms with Crippen LogP contribution in [0.25, 0.3) is 11.6 Å². The second-order valence-corrected chi connectivity index (χ2v) is 6.90. The molecule has 0 aliphatic rings. The minimum absolute atomic E-state index is 0.0951. The summed E-state index contributed by atoms with van der Waals surface area (Å²) in [4.78, 5) is 14.4. The molecule has 0 aliphatic heterocycles. The number of aromatic nitrogens is 3. The summed E-state index contributed by atoms with van der Waals surface area (Å²) < 4.78 is 7.31. The van der Waals surface area contributed by atoms with E-state index < -0.39 is 0 Å². The Morgan fingerprint density at radius 1 is 1.38 bits per heavy atom. The van der Waals surface area contributed by atoms with Gasteiger partial charge in [0.15, 0.2) is 10.9 Å². The minimum Gasteiger partial charge on any atom is -0.461 e. The smallest absolute Gasteiger partial charge is 0.233 e. The Bertz CT molecular complexity index is 669. The van der Waals surface area contributed by atoms with Crippen LogP contribution in [0, 0.1) is 0 Å². The van der Waals surface area contributed by atoms with Gasteiger partial charge < -0.3 is 9.32 Å². The molecule has 0 radical (unpaired) electrons. The van der Waals surface area contributed by atoms with Gasteiger partial charge in [-0.25, -0.2) is 0 Å². The lowest BCUT2D eigenvalue weighted by Gasteiger charge is -2.30. The van der Waals surface area contributed by atoms with Crippen molar-refractivity contribution in [1.29, 1.82) is 0 Å². The summed E-state index contributed by atoms with van der Waals surface area (Å²) in [6, 6.07) is 3.98. The average molecular weight is 348 g/mol. The molecule has 1 amide bonds. The van der Waals surface area contributed by atoms with Crippen LogP contribution in [-0.2, 0) is 11.3 Å². The highest BCUT2D eigenvalue weighted by atomic mass is 32.2. The zero-order chi connectivity index (χ0) is 17.7. The molecule has 0 saturated carbocycles. The van der Waals surface area contributed by atoms with Crippen LogP contribution in [0.15, 0.2) is 40.6 Å².